The highest BCUT2D eigenvalue weighted by Gasteiger charge is 2.38. The molecule has 0 radical (unpaired) electrons. The smallest absolute Gasteiger partial charge is 0.410 e. The number of hydrogen-bond acceptors (Lipinski definition) is 6. The summed E-state index contributed by atoms with van der Waals surface area (Å²) in [5.74, 6) is -3.53. The number of fused-ring (bicyclic) bond motifs is 1. The van der Waals surface area contributed by atoms with Crippen LogP contribution in [0.1, 0.15) is 75.9 Å². The first kappa shape index (κ1) is 37.6. The van der Waals surface area contributed by atoms with Crippen molar-refractivity contribution in [2.24, 2.45) is 13.0 Å². The third-order valence-corrected chi connectivity index (χ3v) is 9.85. The summed E-state index contributed by atoms with van der Waals surface area (Å²) in [6.45, 7) is 7.81. The number of carbonyl (C=O) groups is 4. The average molecular weight is 710 g/mol. The Morgan fingerprint density at radius 1 is 0.961 bits per heavy atom. The number of aromatic nitrogens is 1. The molecule has 1 aliphatic carbocycles. The number of halogens is 2. The van der Waals surface area contributed by atoms with Crippen LogP contribution in [0.3, 0.4) is 0 Å². The van der Waals surface area contributed by atoms with Crippen LogP contribution in [0.4, 0.5) is 13.6 Å². The minimum atomic E-state index is -1.12. The first-order valence-corrected chi connectivity index (χ1v) is 17.6. The number of ether oxygens (including phenoxy) is 2. The summed E-state index contributed by atoms with van der Waals surface area (Å²) in [5, 5.41) is 3.24. The van der Waals surface area contributed by atoms with E-state index < -0.39 is 41.3 Å². The fourth-order valence-electron chi connectivity index (χ4n) is 6.74. The van der Waals surface area contributed by atoms with Crippen molar-refractivity contribution >= 4 is 34.7 Å². The maximum absolute atomic E-state index is 15.0. The fraction of sp³-hybridized carbons (Fsp3) is 0.526. The van der Waals surface area contributed by atoms with E-state index in [1.807, 2.05) is 30.3 Å². The van der Waals surface area contributed by atoms with Gasteiger partial charge in [-0.05, 0) is 58.1 Å². The van der Waals surface area contributed by atoms with E-state index in [2.05, 4.69) is 5.32 Å². The zero-order chi connectivity index (χ0) is 37.0. The maximum atomic E-state index is 15.0. The Morgan fingerprint density at radius 3 is 2.22 bits per heavy atom. The molecule has 5 rings (SSSR count). The molecule has 2 atom stereocenters. The number of aryl methyl sites for hydroxylation is 1. The second-order valence-electron chi connectivity index (χ2n) is 14.6. The first-order chi connectivity index (χ1) is 24.2. The molecule has 2 heterocycles. The lowest BCUT2D eigenvalue weighted by molar-refractivity contribution is -0.140. The zero-order valence-electron chi connectivity index (χ0n) is 30.3. The molecule has 11 nitrogen and oxygen atoms in total. The topological polar surface area (TPSA) is 113 Å². The number of piperazine rings is 1. The molecule has 2 fully saturated rings. The Bertz CT molecular complexity index is 1740. The Labute approximate surface area is 297 Å². The number of benzene rings is 2. The first-order valence-electron chi connectivity index (χ1n) is 17.6. The molecule has 2 aliphatic rings. The van der Waals surface area contributed by atoms with Gasteiger partial charge in [0.2, 0.25) is 17.6 Å². The van der Waals surface area contributed by atoms with Gasteiger partial charge >= 0.3 is 6.09 Å². The molecule has 3 aromatic rings. The van der Waals surface area contributed by atoms with E-state index in [0.717, 1.165) is 43.7 Å². The van der Waals surface area contributed by atoms with Gasteiger partial charge < -0.3 is 29.2 Å². The molecule has 4 amide bonds. The lowest BCUT2D eigenvalue weighted by Gasteiger charge is -2.39. The van der Waals surface area contributed by atoms with Crippen LogP contribution < -0.4 is 10.1 Å². The van der Waals surface area contributed by atoms with Crippen LogP contribution in [0, 0.1) is 17.6 Å². The van der Waals surface area contributed by atoms with Gasteiger partial charge in [-0.3, -0.25) is 19.3 Å². The van der Waals surface area contributed by atoms with Gasteiger partial charge in [-0.25, -0.2) is 9.18 Å². The highest BCUT2D eigenvalue weighted by molar-refractivity contribution is 6.00. The van der Waals surface area contributed by atoms with Gasteiger partial charge in [0.05, 0.1) is 5.52 Å². The molecular formula is C38H49F2N5O6. The van der Waals surface area contributed by atoms with Crippen molar-refractivity contribution in [1.29, 1.82) is 0 Å². The number of hydrogen-bond donors (Lipinski definition) is 1. The van der Waals surface area contributed by atoms with Crippen molar-refractivity contribution in [3.05, 3.63) is 65.4 Å². The van der Waals surface area contributed by atoms with Crippen LogP contribution in [-0.4, -0.2) is 94.0 Å². The summed E-state index contributed by atoms with van der Waals surface area (Å²) < 4.78 is 42.4. The summed E-state index contributed by atoms with van der Waals surface area (Å²) in [7, 11) is 3.11. The molecule has 51 heavy (non-hydrogen) atoms. The second-order valence-corrected chi connectivity index (χ2v) is 14.6. The molecule has 1 aliphatic heterocycles. The molecule has 13 heteroatoms. The minimum Gasteiger partial charge on any atom is -0.485 e. The summed E-state index contributed by atoms with van der Waals surface area (Å²) in [4.78, 5) is 58.4. The molecule has 0 bridgehead atoms. The number of rotatable bonds is 9. The Balaban J connectivity index is 1.27. The SMILES string of the molecule is CC(C(=O)NC(C(=O)N1CCN(C(=O)c2cc3c(OCc4ccccc4)c(F)c(F)cc3n2C)CC1)C1CCCCC1)N(C)C(=O)OC(C)(C)C. The van der Waals surface area contributed by atoms with Gasteiger partial charge in [0, 0.05) is 51.7 Å². The number of carbonyl (C=O) groups excluding carboxylic acids is 4. The number of likely N-dealkylation sites (N-methyl/N-ethyl adjacent to an activating group) is 1. The molecular weight excluding hydrogens is 660 g/mol. The second kappa shape index (κ2) is 15.7. The van der Waals surface area contributed by atoms with Crippen LogP contribution >= 0.6 is 0 Å². The van der Waals surface area contributed by atoms with Crippen LogP contribution in [0.2, 0.25) is 0 Å². The van der Waals surface area contributed by atoms with E-state index in [9.17, 15) is 23.6 Å². The van der Waals surface area contributed by atoms with Crippen molar-refractivity contribution < 1.29 is 37.4 Å². The fourth-order valence-corrected chi connectivity index (χ4v) is 6.74. The maximum Gasteiger partial charge on any atom is 0.410 e. The Morgan fingerprint density at radius 2 is 1.59 bits per heavy atom. The largest absolute Gasteiger partial charge is 0.485 e. The molecule has 0 spiro atoms. The average Bonchev–Trinajstić information content (AvgIpc) is 3.44. The minimum absolute atomic E-state index is 0.0200. The van der Waals surface area contributed by atoms with Crippen LogP contribution in [0.15, 0.2) is 42.5 Å². The molecule has 2 aromatic carbocycles. The van der Waals surface area contributed by atoms with Crippen molar-refractivity contribution in [1.82, 2.24) is 24.6 Å². The van der Waals surface area contributed by atoms with E-state index in [1.54, 1.807) is 44.5 Å². The van der Waals surface area contributed by atoms with Gasteiger partial charge in [0.15, 0.2) is 11.6 Å². The summed E-state index contributed by atoms with van der Waals surface area (Å²) >= 11 is 0. The van der Waals surface area contributed by atoms with Gasteiger partial charge in [-0.15, -0.1) is 0 Å². The van der Waals surface area contributed by atoms with Crippen molar-refractivity contribution in [2.45, 2.75) is 84.1 Å². The number of nitrogens with zero attached hydrogens (tertiary/aromatic N) is 4. The number of nitrogens with one attached hydrogen (secondary N) is 1. The number of amides is 4. The van der Waals surface area contributed by atoms with E-state index in [4.69, 9.17) is 9.47 Å². The summed E-state index contributed by atoms with van der Waals surface area (Å²) in [6, 6.07) is 10.0. The molecule has 276 valence electrons. The lowest BCUT2D eigenvalue weighted by Crippen LogP contribution is -2.59. The third kappa shape index (κ3) is 8.62. The van der Waals surface area contributed by atoms with Crippen LogP contribution in [0.25, 0.3) is 10.9 Å². The predicted molar refractivity (Wildman–Crippen MR) is 188 cm³/mol. The lowest BCUT2D eigenvalue weighted by atomic mass is 9.83. The van der Waals surface area contributed by atoms with Gasteiger partial charge in [0.1, 0.15) is 30.0 Å². The van der Waals surface area contributed by atoms with Crippen LogP contribution in [-0.2, 0) is 28.0 Å². The van der Waals surface area contributed by atoms with Crippen molar-refractivity contribution in [3.8, 4) is 5.75 Å². The molecule has 1 saturated carbocycles. The van der Waals surface area contributed by atoms with Crippen molar-refractivity contribution in [2.75, 3.05) is 33.2 Å². The van der Waals surface area contributed by atoms with Gasteiger partial charge in [-0.2, -0.15) is 4.39 Å². The summed E-state index contributed by atoms with van der Waals surface area (Å²) in [6.07, 6.45) is 3.94. The molecule has 1 aromatic heterocycles. The highest BCUT2D eigenvalue weighted by Crippen LogP contribution is 2.34. The van der Waals surface area contributed by atoms with E-state index in [-0.39, 0.29) is 67.3 Å². The third-order valence-electron chi connectivity index (χ3n) is 9.85. The van der Waals surface area contributed by atoms with Gasteiger partial charge in [0.25, 0.3) is 5.91 Å². The van der Waals surface area contributed by atoms with Crippen LogP contribution in [0.5, 0.6) is 5.75 Å². The quantitative estimate of drug-likeness (QED) is 0.308. The monoisotopic (exact) mass is 709 g/mol. The molecule has 2 unspecified atom stereocenters. The Kier molecular flexibility index (Phi) is 11.6. The standard InChI is InChI=1S/C38H49F2N5O6/c1-24(42(5)37(49)51-38(2,3)4)34(46)41-32(26-15-11-8-12-16-26)36(48)45-19-17-44(18-20-45)35(47)30-21-27-29(43(30)6)22-28(39)31(40)33(27)50-23-25-13-9-7-10-14-25/h7,9-10,13-14,21-22,24,26,32H,8,11-12,15-20,23H2,1-6H3,(H,41,46). The van der Waals surface area contributed by atoms with E-state index in [1.165, 1.54) is 22.6 Å². The van der Waals surface area contributed by atoms with E-state index in [0.29, 0.717) is 5.52 Å². The van der Waals surface area contributed by atoms with Gasteiger partial charge in [-0.1, -0.05) is 49.6 Å². The predicted octanol–water partition coefficient (Wildman–Crippen LogP) is 5.64. The highest BCUT2D eigenvalue weighted by atomic mass is 19.2. The molecule has 1 N–H and O–H groups in total. The Hall–Kier alpha value is -4.68. The van der Waals surface area contributed by atoms with Crippen molar-refractivity contribution in [3.63, 3.8) is 0 Å². The van der Waals surface area contributed by atoms with E-state index >= 15 is 4.39 Å². The zero-order valence-corrected chi connectivity index (χ0v) is 30.3. The molecule has 1 saturated heterocycles. The normalized spacial score (nSPS) is 16.8. The summed E-state index contributed by atoms with van der Waals surface area (Å²) in [5.41, 5.74) is 0.596.